The molecule has 160 valence electrons. The molecular weight excluding hydrogens is 380 g/mol. The Morgan fingerprint density at radius 1 is 0.767 bits per heavy atom. The second-order valence-corrected chi connectivity index (χ2v) is 7.39. The van der Waals surface area contributed by atoms with Gasteiger partial charge >= 0.3 is 0 Å². The van der Waals surface area contributed by atoms with E-state index >= 15 is 0 Å². The van der Waals surface area contributed by atoms with Gasteiger partial charge in [-0.3, -0.25) is 19.6 Å². The molecule has 0 aromatic carbocycles. The fourth-order valence-corrected chi connectivity index (χ4v) is 3.44. The Balaban J connectivity index is 1.21. The third-order valence-electron chi connectivity index (χ3n) is 5.19. The van der Waals surface area contributed by atoms with Gasteiger partial charge in [0.15, 0.2) is 0 Å². The Labute approximate surface area is 177 Å². The highest BCUT2D eigenvalue weighted by molar-refractivity contribution is 5.94. The molecule has 2 aromatic rings. The molecule has 0 aliphatic carbocycles. The van der Waals surface area contributed by atoms with Crippen molar-refractivity contribution < 1.29 is 9.59 Å². The van der Waals surface area contributed by atoms with Crippen LogP contribution in [0.3, 0.4) is 0 Å². The molecule has 1 fully saturated rings. The van der Waals surface area contributed by atoms with Crippen LogP contribution in [0.4, 0.5) is 0 Å². The lowest BCUT2D eigenvalue weighted by Crippen LogP contribution is -2.47. The number of rotatable bonds is 10. The number of aromatic nitrogens is 2. The third kappa shape index (κ3) is 7.20. The van der Waals surface area contributed by atoms with E-state index in [1.807, 2.05) is 0 Å². The van der Waals surface area contributed by atoms with E-state index in [9.17, 15) is 9.59 Å². The zero-order valence-corrected chi connectivity index (χ0v) is 17.3. The monoisotopic (exact) mass is 410 g/mol. The predicted octanol–water partition coefficient (Wildman–Crippen LogP) is 1.03. The Morgan fingerprint density at radius 2 is 1.20 bits per heavy atom. The van der Waals surface area contributed by atoms with E-state index in [4.69, 9.17) is 0 Å². The van der Waals surface area contributed by atoms with Crippen LogP contribution >= 0.6 is 0 Å². The van der Waals surface area contributed by atoms with Gasteiger partial charge in [-0.2, -0.15) is 0 Å². The largest absolute Gasteiger partial charge is 0.352 e. The summed E-state index contributed by atoms with van der Waals surface area (Å²) < 4.78 is 0. The summed E-state index contributed by atoms with van der Waals surface area (Å²) in [5, 5.41) is 5.90. The van der Waals surface area contributed by atoms with Crippen LogP contribution in [0.25, 0.3) is 0 Å². The van der Waals surface area contributed by atoms with Crippen LogP contribution in [0.1, 0.15) is 33.6 Å². The van der Waals surface area contributed by atoms with Gasteiger partial charge in [0.05, 0.1) is 11.1 Å². The highest BCUT2D eigenvalue weighted by atomic mass is 16.2. The second-order valence-electron chi connectivity index (χ2n) is 7.39. The first-order chi connectivity index (χ1) is 14.7. The van der Waals surface area contributed by atoms with E-state index in [2.05, 4.69) is 30.4 Å². The molecule has 2 N–H and O–H groups in total. The maximum absolute atomic E-state index is 12.0. The van der Waals surface area contributed by atoms with E-state index in [0.717, 1.165) is 52.1 Å². The van der Waals surface area contributed by atoms with Crippen molar-refractivity contribution in [1.29, 1.82) is 0 Å². The first-order valence-electron chi connectivity index (χ1n) is 10.5. The van der Waals surface area contributed by atoms with Gasteiger partial charge in [0.2, 0.25) is 0 Å². The summed E-state index contributed by atoms with van der Waals surface area (Å²) in [6.07, 6.45) is 8.36. The van der Waals surface area contributed by atoms with Crippen molar-refractivity contribution >= 4 is 11.8 Å². The van der Waals surface area contributed by atoms with E-state index in [-0.39, 0.29) is 11.8 Å². The number of amides is 2. The zero-order chi connectivity index (χ0) is 21.0. The average Bonchev–Trinajstić information content (AvgIpc) is 2.81. The molecule has 3 heterocycles. The summed E-state index contributed by atoms with van der Waals surface area (Å²) >= 11 is 0. The molecule has 0 radical (unpaired) electrons. The topological polar surface area (TPSA) is 90.5 Å². The summed E-state index contributed by atoms with van der Waals surface area (Å²) in [5.74, 6) is -0.132. The van der Waals surface area contributed by atoms with Gasteiger partial charge in [-0.05, 0) is 50.2 Å². The van der Waals surface area contributed by atoms with Crippen molar-refractivity contribution in [1.82, 2.24) is 30.4 Å². The summed E-state index contributed by atoms with van der Waals surface area (Å²) in [4.78, 5) is 36.8. The smallest absolute Gasteiger partial charge is 0.252 e. The van der Waals surface area contributed by atoms with Crippen LogP contribution in [0.15, 0.2) is 49.1 Å². The normalized spacial score (nSPS) is 14.9. The predicted molar refractivity (Wildman–Crippen MR) is 115 cm³/mol. The Kier molecular flexibility index (Phi) is 8.74. The van der Waals surface area contributed by atoms with E-state index in [0.29, 0.717) is 24.2 Å². The number of carbonyl (C=O) groups is 2. The quantitative estimate of drug-likeness (QED) is 0.569. The molecule has 0 bridgehead atoms. The van der Waals surface area contributed by atoms with Crippen LogP contribution < -0.4 is 10.6 Å². The van der Waals surface area contributed by atoms with Crippen LogP contribution in [-0.4, -0.2) is 83.9 Å². The zero-order valence-electron chi connectivity index (χ0n) is 17.3. The van der Waals surface area contributed by atoms with Gasteiger partial charge in [0, 0.05) is 64.1 Å². The van der Waals surface area contributed by atoms with Crippen LogP contribution in [-0.2, 0) is 0 Å². The SMILES string of the molecule is O=C(NCCCN1CCN(CCCNC(=O)c2cccnc2)CC1)c1cccnc1. The maximum Gasteiger partial charge on any atom is 0.252 e. The molecule has 3 rings (SSSR count). The lowest BCUT2D eigenvalue weighted by molar-refractivity contribution is 0.0934. The van der Waals surface area contributed by atoms with E-state index in [1.165, 1.54) is 0 Å². The fourth-order valence-electron chi connectivity index (χ4n) is 3.44. The molecule has 1 aliphatic heterocycles. The van der Waals surface area contributed by atoms with E-state index < -0.39 is 0 Å². The fraction of sp³-hybridized carbons (Fsp3) is 0.455. The standard InChI is InChI=1S/C22H30N6O2/c29-21(19-5-1-7-23-17-19)25-9-3-11-27-13-15-28(16-14-27)12-4-10-26-22(30)20-6-2-8-24-18-20/h1-2,5-8,17-18H,3-4,9-16H2,(H,25,29)(H,26,30). The number of piperazine rings is 1. The first-order valence-corrected chi connectivity index (χ1v) is 10.5. The number of pyridine rings is 2. The number of carbonyl (C=O) groups excluding carboxylic acids is 2. The van der Waals surface area contributed by atoms with Gasteiger partial charge in [-0.1, -0.05) is 0 Å². The number of hydrogen-bond donors (Lipinski definition) is 2. The highest BCUT2D eigenvalue weighted by Gasteiger charge is 2.16. The van der Waals surface area contributed by atoms with Crippen LogP contribution in [0.2, 0.25) is 0 Å². The van der Waals surface area contributed by atoms with Crippen molar-refractivity contribution in [3.05, 3.63) is 60.2 Å². The molecule has 0 unspecified atom stereocenters. The molecule has 1 aliphatic rings. The summed E-state index contributed by atoms with van der Waals surface area (Å²) in [6.45, 7) is 7.48. The van der Waals surface area contributed by atoms with Gasteiger partial charge < -0.3 is 20.4 Å². The van der Waals surface area contributed by atoms with Gasteiger partial charge in [0.1, 0.15) is 0 Å². The lowest BCUT2D eigenvalue weighted by atomic mass is 10.2. The summed E-state index contributed by atoms with van der Waals surface area (Å²) in [5.41, 5.74) is 1.20. The second kappa shape index (κ2) is 12.0. The van der Waals surface area contributed by atoms with Crippen LogP contribution in [0.5, 0.6) is 0 Å². The van der Waals surface area contributed by atoms with Gasteiger partial charge in [-0.25, -0.2) is 0 Å². The van der Waals surface area contributed by atoms with E-state index in [1.54, 1.807) is 49.1 Å². The highest BCUT2D eigenvalue weighted by Crippen LogP contribution is 2.03. The van der Waals surface area contributed by atoms with Crippen molar-refractivity contribution in [2.24, 2.45) is 0 Å². The number of nitrogens with one attached hydrogen (secondary N) is 2. The molecule has 8 heteroatoms. The Bertz CT molecular complexity index is 711. The van der Waals surface area contributed by atoms with Crippen molar-refractivity contribution in [3.8, 4) is 0 Å². The summed E-state index contributed by atoms with van der Waals surface area (Å²) in [7, 11) is 0. The van der Waals surface area contributed by atoms with Crippen molar-refractivity contribution in [2.75, 3.05) is 52.4 Å². The average molecular weight is 411 g/mol. The maximum atomic E-state index is 12.0. The van der Waals surface area contributed by atoms with Gasteiger partial charge in [-0.15, -0.1) is 0 Å². The van der Waals surface area contributed by atoms with Crippen LogP contribution in [0, 0.1) is 0 Å². The molecule has 30 heavy (non-hydrogen) atoms. The molecule has 0 spiro atoms. The molecular formula is C22H30N6O2. The minimum absolute atomic E-state index is 0.0662. The molecule has 8 nitrogen and oxygen atoms in total. The van der Waals surface area contributed by atoms with Gasteiger partial charge in [0.25, 0.3) is 11.8 Å². The number of hydrogen-bond acceptors (Lipinski definition) is 6. The first kappa shape index (κ1) is 21.9. The molecule has 2 amide bonds. The molecule has 0 atom stereocenters. The molecule has 2 aromatic heterocycles. The lowest BCUT2D eigenvalue weighted by Gasteiger charge is -2.34. The molecule has 1 saturated heterocycles. The third-order valence-corrected chi connectivity index (χ3v) is 5.19. The Hall–Kier alpha value is -2.84. The number of nitrogens with zero attached hydrogens (tertiary/aromatic N) is 4. The minimum atomic E-state index is -0.0662. The Morgan fingerprint density at radius 3 is 1.57 bits per heavy atom. The minimum Gasteiger partial charge on any atom is -0.352 e. The van der Waals surface area contributed by atoms with Crippen molar-refractivity contribution in [2.45, 2.75) is 12.8 Å². The van der Waals surface area contributed by atoms with Crippen molar-refractivity contribution in [3.63, 3.8) is 0 Å². The molecule has 0 saturated carbocycles. The summed E-state index contributed by atoms with van der Waals surface area (Å²) in [6, 6.07) is 7.07.